The maximum atomic E-state index is 13.9. The lowest BCUT2D eigenvalue weighted by atomic mass is 9.94. The number of aryl methyl sites for hydroxylation is 1. The Hall–Kier alpha value is -3.75. The van der Waals surface area contributed by atoms with Gasteiger partial charge in [-0.3, -0.25) is 4.79 Å². The molecule has 40 heavy (non-hydrogen) atoms. The molecule has 0 bridgehead atoms. The molecular weight excluding hydrogens is 542 g/mol. The number of hydrogen-bond acceptors (Lipinski definition) is 6. The number of carbonyl (C=O) groups excluding carboxylic acids is 1. The lowest BCUT2D eigenvalue weighted by Gasteiger charge is -2.29. The van der Waals surface area contributed by atoms with Gasteiger partial charge in [-0.1, -0.05) is 65.8 Å². The van der Waals surface area contributed by atoms with Gasteiger partial charge in [-0.15, -0.1) is 5.10 Å². The van der Waals surface area contributed by atoms with E-state index < -0.39 is 6.04 Å². The summed E-state index contributed by atoms with van der Waals surface area (Å²) >= 11 is 7.86. The van der Waals surface area contributed by atoms with E-state index in [9.17, 15) is 4.79 Å². The van der Waals surface area contributed by atoms with Crippen LogP contribution in [0.4, 0.5) is 11.6 Å². The molecule has 1 aliphatic rings. The van der Waals surface area contributed by atoms with Crippen molar-refractivity contribution < 1.29 is 9.53 Å². The number of hydrogen-bond donors (Lipinski definition) is 2. The van der Waals surface area contributed by atoms with E-state index in [1.165, 1.54) is 11.8 Å². The number of carbonyl (C=O) groups is 1. The molecule has 1 amide bonds. The predicted octanol–water partition coefficient (Wildman–Crippen LogP) is 7.56. The van der Waals surface area contributed by atoms with Crippen LogP contribution in [0.15, 0.2) is 83.2 Å². The molecule has 0 saturated heterocycles. The maximum Gasteiger partial charge on any atom is 0.255 e. The molecule has 1 aromatic heterocycles. The lowest BCUT2D eigenvalue weighted by molar-refractivity contribution is -0.113. The number of halogens is 1. The Morgan fingerprint density at radius 3 is 2.55 bits per heavy atom. The van der Waals surface area contributed by atoms with E-state index in [1.807, 2.05) is 101 Å². The summed E-state index contributed by atoms with van der Waals surface area (Å²) < 4.78 is 7.65. The van der Waals surface area contributed by atoms with Crippen molar-refractivity contribution in [3.8, 4) is 5.75 Å². The van der Waals surface area contributed by atoms with Gasteiger partial charge in [-0.2, -0.15) is 4.98 Å². The third-order valence-electron chi connectivity index (χ3n) is 6.81. The summed E-state index contributed by atoms with van der Waals surface area (Å²) in [5.41, 5.74) is 6.12. The predicted molar refractivity (Wildman–Crippen MR) is 162 cm³/mol. The monoisotopic (exact) mass is 573 g/mol. The number of rotatable bonds is 8. The summed E-state index contributed by atoms with van der Waals surface area (Å²) in [6.07, 6.45) is 0.0606. The first-order valence-electron chi connectivity index (χ1n) is 13.2. The topological polar surface area (TPSA) is 81.1 Å². The molecule has 206 valence electrons. The van der Waals surface area contributed by atoms with Crippen molar-refractivity contribution in [2.45, 2.75) is 57.7 Å². The second kappa shape index (κ2) is 11.8. The number of nitrogens with zero attached hydrogens (tertiary/aromatic N) is 3. The average molecular weight is 574 g/mol. The fraction of sp³-hybridized carbons (Fsp3) is 0.258. The average Bonchev–Trinajstić information content (AvgIpc) is 3.32. The number of ether oxygens (including phenoxy) is 1. The largest absolute Gasteiger partial charge is 0.491 e. The molecular formula is C31H32ClN5O2S. The number of allylic oxidation sites excluding steroid dienone is 1. The minimum Gasteiger partial charge on any atom is -0.491 e. The van der Waals surface area contributed by atoms with Crippen molar-refractivity contribution in [2.24, 2.45) is 0 Å². The molecule has 1 unspecified atom stereocenters. The summed E-state index contributed by atoms with van der Waals surface area (Å²) in [5.74, 6) is 1.78. The Balaban J connectivity index is 1.50. The van der Waals surface area contributed by atoms with E-state index in [1.54, 1.807) is 4.68 Å². The Labute approximate surface area is 244 Å². The van der Waals surface area contributed by atoms with Crippen LogP contribution in [0.25, 0.3) is 0 Å². The van der Waals surface area contributed by atoms with E-state index in [4.69, 9.17) is 26.4 Å². The number of aromatic nitrogens is 3. The van der Waals surface area contributed by atoms with Crippen molar-refractivity contribution in [3.05, 3.63) is 105 Å². The number of fused-ring (bicyclic) bond motifs is 1. The third-order valence-corrected chi connectivity index (χ3v) is 8.07. The lowest BCUT2D eigenvalue weighted by Crippen LogP contribution is -2.31. The van der Waals surface area contributed by atoms with Gasteiger partial charge in [-0.25, -0.2) is 4.68 Å². The van der Waals surface area contributed by atoms with E-state index in [0.29, 0.717) is 27.5 Å². The van der Waals surface area contributed by atoms with Crippen LogP contribution in [0.2, 0.25) is 5.02 Å². The Bertz CT molecular complexity index is 1580. The van der Waals surface area contributed by atoms with Crippen molar-refractivity contribution in [1.82, 2.24) is 14.8 Å². The molecule has 0 fully saturated rings. The second-order valence-corrected chi connectivity index (χ2v) is 11.4. The maximum absolute atomic E-state index is 13.9. The minimum absolute atomic E-state index is 0.0606. The van der Waals surface area contributed by atoms with Gasteiger partial charge in [0.25, 0.3) is 5.91 Å². The van der Waals surface area contributed by atoms with Crippen molar-refractivity contribution in [3.63, 3.8) is 0 Å². The van der Waals surface area contributed by atoms with Crippen molar-refractivity contribution in [1.29, 1.82) is 0 Å². The van der Waals surface area contributed by atoms with E-state index in [0.717, 1.165) is 39.4 Å². The molecule has 3 aromatic carbocycles. The van der Waals surface area contributed by atoms with Gasteiger partial charge in [0.15, 0.2) is 0 Å². The molecule has 0 saturated carbocycles. The Kier molecular flexibility index (Phi) is 8.19. The van der Waals surface area contributed by atoms with Crippen LogP contribution in [-0.4, -0.2) is 26.8 Å². The molecule has 1 atom stereocenters. The molecule has 5 rings (SSSR count). The molecule has 0 radical (unpaired) electrons. The number of nitrogens with one attached hydrogen (secondary N) is 2. The summed E-state index contributed by atoms with van der Waals surface area (Å²) in [7, 11) is 0. The Morgan fingerprint density at radius 1 is 1.07 bits per heavy atom. The number of amides is 1. The quantitative estimate of drug-likeness (QED) is 0.212. The molecule has 0 aliphatic carbocycles. The third kappa shape index (κ3) is 5.88. The number of thioether (sulfide) groups is 1. The van der Waals surface area contributed by atoms with Crippen LogP contribution in [0, 0.1) is 13.8 Å². The summed E-state index contributed by atoms with van der Waals surface area (Å²) in [6.45, 7) is 9.92. The first kappa shape index (κ1) is 27.8. The summed E-state index contributed by atoms with van der Waals surface area (Å²) in [6, 6.07) is 21.0. The zero-order valence-electron chi connectivity index (χ0n) is 23.2. The highest BCUT2D eigenvalue weighted by molar-refractivity contribution is 7.98. The van der Waals surface area contributed by atoms with Crippen LogP contribution in [0.1, 0.15) is 49.1 Å². The molecule has 4 aromatic rings. The van der Waals surface area contributed by atoms with Gasteiger partial charge in [0, 0.05) is 22.2 Å². The zero-order chi connectivity index (χ0) is 28.4. The van der Waals surface area contributed by atoms with E-state index in [-0.39, 0.29) is 12.0 Å². The first-order chi connectivity index (χ1) is 19.2. The molecule has 2 N–H and O–H groups in total. The van der Waals surface area contributed by atoms with Crippen LogP contribution in [0.5, 0.6) is 5.75 Å². The molecule has 7 nitrogen and oxygen atoms in total. The molecule has 2 heterocycles. The van der Waals surface area contributed by atoms with Crippen molar-refractivity contribution >= 4 is 40.9 Å². The second-order valence-electron chi connectivity index (χ2n) is 10.0. The number of benzene rings is 3. The molecule has 0 spiro atoms. The highest BCUT2D eigenvalue weighted by Crippen LogP contribution is 2.38. The van der Waals surface area contributed by atoms with Crippen LogP contribution in [-0.2, 0) is 10.5 Å². The highest BCUT2D eigenvalue weighted by atomic mass is 35.5. The normalized spacial score (nSPS) is 14.6. The number of anilines is 2. The van der Waals surface area contributed by atoms with Gasteiger partial charge in [-0.05, 0) is 81.1 Å². The first-order valence-corrected chi connectivity index (χ1v) is 14.5. The van der Waals surface area contributed by atoms with Gasteiger partial charge in [0.05, 0.1) is 11.7 Å². The van der Waals surface area contributed by atoms with Gasteiger partial charge in [0.2, 0.25) is 11.1 Å². The van der Waals surface area contributed by atoms with Crippen molar-refractivity contribution in [2.75, 3.05) is 10.6 Å². The smallest absolute Gasteiger partial charge is 0.255 e. The van der Waals surface area contributed by atoms with Gasteiger partial charge < -0.3 is 15.4 Å². The van der Waals surface area contributed by atoms with Gasteiger partial charge in [0.1, 0.15) is 11.8 Å². The highest BCUT2D eigenvalue weighted by Gasteiger charge is 2.34. The van der Waals surface area contributed by atoms with Crippen LogP contribution >= 0.6 is 23.4 Å². The molecule has 1 aliphatic heterocycles. The minimum atomic E-state index is -0.489. The van der Waals surface area contributed by atoms with E-state index in [2.05, 4.69) is 10.6 Å². The molecule has 9 heteroatoms. The standard InChI is InChI=1S/C31H32ClN5O2S/c1-18(2)39-24-15-13-22(14-16-24)28-27(29(38)34-26-12-8-9-19(3)20(26)4)21(5)33-30-35-31(36-37(28)30)40-17-23-10-6-7-11-25(23)32/h6-16,18,28H,17H2,1-5H3,(H,34,38)(H,33,35,36). The Morgan fingerprint density at radius 2 is 1.82 bits per heavy atom. The van der Waals surface area contributed by atoms with Crippen LogP contribution < -0.4 is 15.4 Å². The van der Waals surface area contributed by atoms with E-state index >= 15 is 0 Å². The van der Waals surface area contributed by atoms with Crippen LogP contribution in [0.3, 0.4) is 0 Å². The fourth-order valence-electron chi connectivity index (χ4n) is 4.63. The van der Waals surface area contributed by atoms with Gasteiger partial charge >= 0.3 is 0 Å². The zero-order valence-corrected chi connectivity index (χ0v) is 24.7. The SMILES string of the molecule is CC1=C(C(=O)Nc2cccc(C)c2C)C(c2ccc(OC(C)C)cc2)n2nc(SCc3ccccc3Cl)nc2N1. The summed E-state index contributed by atoms with van der Waals surface area (Å²) in [4.78, 5) is 18.6. The fourth-order valence-corrected chi connectivity index (χ4v) is 5.74. The summed E-state index contributed by atoms with van der Waals surface area (Å²) in [5, 5.41) is 12.6.